The SMILES string of the molecule is CCC(C)CCCCCCCCCCCCCCCCC(=O)O[C@H](COC(=O)CCCCCCCCCCCCCCCCCCC(C)C)COP(=O)(O)OC[C@@H](O)COP(=O)(O)OC[C@@H](COC(=O)CCCCCCCCC(C)CC)OC(=O)CCCCCCCCCCCC(C)C. The van der Waals surface area contributed by atoms with E-state index in [4.69, 9.17) is 37.0 Å². The van der Waals surface area contributed by atoms with E-state index in [2.05, 4.69) is 55.4 Å². The average Bonchev–Trinajstić information content (AvgIpc) is 1.23. The summed E-state index contributed by atoms with van der Waals surface area (Å²) in [5.74, 6) is 1.01. The Morgan fingerprint density at radius 3 is 0.717 bits per heavy atom. The Bertz CT molecular complexity index is 1940. The zero-order valence-corrected chi connectivity index (χ0v) is 66.9. The van der Waals surface area contributed by atoms with Gasteiger partial charge in [0.05, 0.1) is 26.4 Å². The summed E-state index contributed by atoms with van der Waals surface area (Å²) in [6.45, 7) is 14.3. The van der Waals surface area contributed by atoms with Crippen LogP contribution >= 0.6 is 15.6 Å². The Balaban J connectivity index is 5.24. The summed E-state index contributed by atoms with van der Waals surface area (Å²) in [5, 5.41) is 10.6. The number of hydrogen-bond donors (Lipinski definition) is 3. The highest BCUT2D eigenvalue weighted by molar-refractivity contribution is 7.47. The molecule has 588 valence electrons. The van der Waals surface area contributed by atoms with Gasteiger partial charge in [0.1, 0.15) is 19.3 Å². The molecule has 0 aliphatic rings. The fourth-order valence-electron chi connectivity index (χ4n) is 12.2. The molecule has 19 heteroatoms. The summed E-state index contributed by atoms with van der Waals surface area (Å²) in [5.41, 5.74) is 0. The number of phosphoric ester groups is 2. The maximum Gasteiger partial charge on any atom is 0.472 e. The summed E-state index contributed by atoms with van der Waals surface area (Å²) in [7, 11) is -9.92. The van der Waals surface area contributed by atoms with Gasteiger partial charge in [-0.05, 0) is 49.4 Å². The Morgan fingerprint density at radius 1 is 0.283 bits per heavy atom. The summed E-state index contributed by atoms with van der Waals surface area (Å²) in [6.07, 6.45) is 55.5. The number of carbonyl (C=O) groups excluding carboxylic acids is 4. The Kier molecular flexibility index (Phi) is 67.8. The third-order valence-corrected chi connectivity index (χ3v) is 21.2. The smallest absolute Gasteiger partial charge is 0.462 e. The molecule has 3 N–H and O–H groups in total. The number of unbranched alkanes of at least 4 members (excludes halogenated alkanes) is 41. The molecular weight excluding hydrogens is 1290 g/mol. The minimum absolute atomic E-state index is 0.104. The molecule has 0 saturated carbocycles. The minimum Gasteiger partial charge on any atom is -0.462 e. The average molecular weight is 1450 g/mol. The van der Waals surface area contributed by atoms with Crippen LogP contribution in [0, 0.1) is 23.7 Å². The second-order valence-electron chi connectivity index (χ2n) is 30.2. The predicted molar refractivity (Wildman–Crippen MR) is 404 cm³/mol. The van der Waals surface area contributed by atoms with Crippen LogP contribution in [-0.2, 0) is 65.4 Å². The lowest BCUT2D eigenvalue weighted by atomic mass is 9.99. The zero-order chi connectivity index (χ0) is 73.1. The number of aliphatic hydroxyl groups is 1. The number of esters is 4. The third kappa shape index (κ3) is 71.5. The third-order valence-electron chi connectivity index (χ3n) is 19.3. The molecule has 0 saturated heterocycles. The van der Waals surface area contributed by atoms with E-state index in [9.17, 15) is 43.2 Å². The van der Waals surface area contributed by atoms with Crippen molar-refractivity contribution in [2.45, 2.75) is 427 Å². The van der Waals surface area contributed by atoms with Gasteiger partial charge in [-0.15, -0.1) is 0 Å². The quantitative estimate of drug-likeness (QED) is 0.0222. The van der Waals surface area contributed by atoms with Crippen LogP contribution in [0.4, 0.5) is 0 Å². The fraction of sp³-hybridized carbons (Fsp3) is 0.950. The van der Waals surface area contributed by atoms with Crippen LogP contribution in [0.3, 0.4) is 0 Å². The molecule has 0 aliphatic carbocycles. The first-order valence-corrected chi connectivity index (χ1v) is 44.3. The van der Waals surface area contributed by atoms with Crippen molar-refractivity contribution in [2.24, 2.45) is 23.7 Å². The van der Waals surface area contributed by atoms with E-state index >= 15 is 0 Å². The molecule has 0 aromatic heterocycles. The molecule has 0 heterocycles. The zero-order valence-electron chi connectivity index (χ0n) is 65.1. The second kappa shape index (κ2) is 69.1. The Morgan fingerprint density at radius 2 is 0.485 bits per heavy atom. The van der Waals surface area contributed by atoms with Crippen molar-refractivity contribution in [1.29, 1.82) is 0 Å². The van der Waals surface area contributed by atoms with Gasteiger partial charge in [-0.1, -0.05) is 357 Å². The van der Waals surface area contributed by atoms with Gasteiger partial charge in [0.2, 0.25) is 0 Å². The summed E-state index contributed by atoms with van der Waals surface area (Å²) >= 11 is 0. The molecule has 0 fully saturated rings. The summed E-state index contributed by atoms with van der Waals surface area (Å²) in [4.78, 5) is 73.0. The van der Waals surface area contributed by atoms with E-state index in [1.165, 1.54) is 205 Å². The van der Waals surface area contributed by atoms with Gasteiger partial charge in [-0.2, -0.15) is 0 Å². The maximum absolute atomic E-state index is 13.1. The van der Waals surface area contributed by atoms with Crippen molar-refractivity contribution in [3.63, 3.8) is 0 Å². The van der Waals surface area contributed by atoms with Crippen molar-refractivity contribution in [1.82, 2.24) is 0 Å². The second-order valence-corrected chi connectivity index (χ2v) is 33.1. The normalized spacial score (nSPS) is 14.6. The van der Waals surface area contributed by atoms with Crippen molar-refractivity contribution in [2.75, 3.05) is 39.6 Å². The van der Waals surface area contributed by atoms with E-state index in [-0.39, 0.29) is 25.7 Å². The number of ether oxygens (including phenoxy) is 4. The van der Waals surface area contributed by atoms with Gasteiger partial charge < -0.3 is 33.8 Å². The van der Waals surface area contributed by atoms with Crippen LogP contribution in [-0.4, -0.2) is 96.7 Å². The van der Waals surface area contributed by atoms with Gasteiger partial charge >= 0.3 is 39.5 Å². The van der Waals surface area contributed by atoms with E-state index in [1.54, 1.807) is 0 Å². The van der Waals surface area contributed by atoms with Crippen molar-refractivity contribution in [3.05, 3.63) is 0 Å². The van der Waals surface area contributed by atoms with Crippen molar-refractivity contribution < 1.29 is 80.2 Å². The van der Waals surface area contributed by atoms with Crippen LogP contribution in [0.1, 0.15) is 409 Å². The number of rotatable bonds is 77. The predicted octanol–water partition coefficient (Wildman–Crippen LogP) is 23.6. The standard InChI is InChI=1S/C80H156O17P2/c1-9-72(7)58-50-42-34-28-22-18-15-16-20-24-30-36-46-54-62-79(84)96-75(66-90-77(82)60-52-44-35-29-23-19-14-12-11-13-17-21-26-32-40-48-56-70(3)4)68-94-98(86,87)92-64-74(81)65-93-99(88,89)95-69-76(67-91-78(83)61-53-45-39-38-43-51-59-73(8)10-2)97-80(85)63-55-47-37-31-25-27-33-41-49-57-71(5)6/h70-76,81H,9-69H2,1-8H3,(H,86,87)(H,88,89)/t72?,73?,74-,75-,76-/m1/s1. The molecule has 0 rings (SSSR count). The van der Waals surface area contributed by atoms with Crippen molar-refractivity contribution in [3.8, 4) is 0 Å². The first-order valence-electron chi connectivity index (χ1n) is 41.3. The molecule has 0 aromatic carbocycles. The molecule has 0 amide bonds. The van der Waals surface area contributed by atoms with Crippen LogP contribution in [0.2, 0.25) is 0 Å². The highest BCUT2D eigenvalue weighted by atomic mass is 31.2. The van der Waals surface area contributed by atoms with Crippen molar-refractivity contribution >= 4 is 39.5 Å². The van der Waals surface area contributed by atoms with Gasteiger partial charge in [-0.3, -0.25) is 37.3 Å². The molecular formula is C80H156O17P2. The summed E-state index contributed by atoms with van der Waals surface area (Å²) < 4.78 is 68.7. The van der Waals surface area contributed by atoms with Crippen LogP contribution in [0.5, 0.6) is 0 Å². The molecule has 17 nitrogen and oxygen atoms in total. The highest BCUT2D eigenvalue weighted by Gasteiger charge is 2.30. The van der Waals surface area contributed by atoms with E-state index in [1.807, 2.05) is 0 Å². The van der Waals surface area contributed by atoms with E-state index in [0.29, 0.717) is 25.7 Å². The maximum atomic E-state index is 13.1. The van der Waals surface area contributed by atoms with Gasteiger partial charge in [-0.25, -0.2) is 9.13 Å². The molecule has 4 unspecified atom stereocenters. The van der Waals surface area contributed by atoms with Crippen LogP contribution in [0.15, 0.2) is 0 Å². The van der Waals surface area contributed by atoms with Gasteiger partial charge in [0.25, 0.3) is 0 Å². The van der Waals surface area contributed by atoms with E-state index in [0.717, 1.165) is 120 Å². The number of aliphatic hydroxyl groups excluding tert-OH is 1. The molecule has 0 aliphatic heterocycles. The molecule has 0 spiro atoms. The number of phosphoric acid groups is 2. The summed E-state index contributed by atoms with van der Waals surface area (Å²) in [6, 6.07) is 0. The largest absolute Gasteiger partial charge is 0.472 e. The minimum atomic E-state index is -4.96. The fourth-order valence-corrected chi connectivity index (χ4v) is 13.8. The lowest BCUT2D eigenvalue weighted by Crippen LogP contribution is -2.30. The number of carbonyl (C=O) groups is 4. The van der Waals surface area contributed by atoms with Gasteiger partial charge in [0.15, 0.2) is 12.2 Å². The molecule has 0 aromatic rings. The Labute approximate surface area is 607 Å². The lowest BCUT2D eigenvalue weighted by Gasteiger charge is -2.21. The van der Waals surface area contributed by atoms with Crippen LogP contribution in [0.25, 0.3) is 0 Å². The number of hydrogen-bond acceptors (Lipinski definition) is 15. The first-order chi connectivity index (χ1) is 47.7. The molecule has 0 bridgehead atoms. The monoisotopic (exact) mass is 1450 g/mol. The van der Waals surface area contributed by atoms with Crippen LogP contribution < -0.4 is 0 Å². The molecule has 7 atom stereocenters. The Hall–Kier alpha value is -1.94. The molecule has 99 heavy (non-hydrogen) atoms. The first kappa shape index (κ1) is 97.1. The van der Waals surface area contributed by atoms with E-state index < -0.39 is 97.5 Å². The topological polar surface area (TPSA) is 237 Å². The molecule has 0 radical (unpaired) electrons. The highest BCUT2D eigenvalue weighted by Crippen LogP contribution is 2.45. The lowest BCUT2D eigenvalue weighted by molar-refractivity contribution is -0.161. The van der Waals surface area contributed by atoms with Gasteiger partial charge in [0, 0.05) is 25.7 Å².